The van der Waals surface area contributed by atoms with Crippen LogP contribution in [0.25, 0.3) is 0 Å². The van der Waals surface area contributed by atoms with Crippen LogP contribution in [0.5, 0.6) is 0 Å². The van der Waals surface area contributed by atoms with Gasteiger partial charge in [0.15, 0.2) is 0 Å². The predicted molar refractivity (Wildman–Crippen MR) is 69.8 cm³/mol. The van der Waals surface area contributed by atoms with Crippen molar-refractivity contribution in [1.29, 1.82) is 0 Å². The Morgan fingerprint density at radius 1 is 1.12 bits per heavy atom. The van der Waals surface area contributed by atoms with Gasteiger partial charge < -0.3 is 5.32 Å². The van der Waals surface area contributed by atoms with Gasteiger partial charge in [0.2, 0.25) is 0 Å². The van der Waals surface area contributed by atoms with Crippen LogP contribution in [-0.4, -0.2) is 32.5 Å². The van der Waals surface area contributed by atoms with E-state index < -0.39 is 9.84 Å². The van der Waals surface area contributed by atoms with E-state index in [0.717, 1.165) is 25.8 Å². The van der Waals surface area contributed by atoms with Gasteiger partial charge in [-0.2, -0.15) is 0 Å². The molecule has 1 aliphatic rings. The lowest BCUT2D eigenvalue weighted by Crippen LogP contribution is -2.38. The van der Waals surface area contributed by atoms with Gasteiger partial charge in [0.25, 0.3) is 0 Å². The van der Waals surface area contributed by atoms with Crippen LogP contribution in [0.3, 0.4) is 0 Å². The smallest absolute Gasteiger partial charge is 0.150 e. The van der Waals surface area contributed by atoms with Gasteiger partial charge in [-0.05, 0) is 31.4 Å². The van der Waals surface area contributed by atoms with Gasteiger partial charge >= 0.3 is 0 Å². The van der Waals surface area contributed by atoms with Crippen molar-refractivity contribution < 1.29 is 8.42 Å². The first kappa shape index (κ1) is 12.6. The first-order chi connectivity index (χ1) is 8.16. The summed E-state index contributed by atoms with van der Waals surface area (Å²) in [5, 5.41) is 3.44. The second kappa shape index (κ2) is 5.65. The summed E-state index contributed by atoms with van der Waals surface area (Å²) in [4.78, 5) is 0. The highest BCUT2D eigenvalue weighted by Gasteiger charge is 2.22. The van der Waals surface area contributed by atoms with Crippen molar-refractivity contribution in [2.24, 2.45) is 0 Å². The van der Waals surface area contributed by atoms with Crippen molar-refractivity contribution in [3.8, 4) is 0 Å². The fraction of sp³-hybridized carbons (Fsp3) is 0.538. The van der Waals surface area contributed by atoms with Crippen molar-refractivity contribution in [3.63, 3.8) is 0 Å². The molecule has 1 N–H and O–H groups in total. The zero-order valence-corrected chi connectivity index (χ0v) is 10.7. The van der Waals surface area contributed by atoms with Crippen LogP contribution in [0, 0.1) is 0 Å². The van der Waals surface area contributed by atoms with Crippen molar-refractivity contribution in [1.82, 2.24) is 5.32 Å². The second-order valence-electron chi connectivity index (χ2n) is 4.62. The normalized spacial score (nSPS) is 20.2. The minimum Gasteiger partial charge on any atom is -0.314 e. The highest BCUT2D eigenvalue weighted by atomic mass is 32.2. The van der Waals surface area contributed by atoms with Gasteiger partial charge in [-0.15, -0.1) is 0 Å². The van der Waals surface area contributed by atoms with Crippen LogP contribution in [-0.2, 0) is 16.3 Å². The summed E-state index contributed by atoms with van der Waals surface area (Å²) in [6, 6.07) is 10.7. The van der Waals surface area contributed by atoms with Crippen molar-refractivity contribution in [2.75, 3.05) is 18.1 Å². The van der Waals surface area contributed by atoms with E-state index in [1.54, 1.807) is 0 Å². The van der Waals surface area contributed by atoms with Crippen LogP contribution >= 0.6 is 0 Å². The minimum atomic E-state index is -2.73. The molecular weight excluding hydrogens is 234 g/mol. The third kappa shape index (κ3) is 4.13. The van der Waals surface area contributed by atoms with Crippen molar-refractivity contribution in [2.45, 2.75) is 25.3 Å². The molecule has 0 radical (unpaired) electrons. The van der Waals surface area contributed by atoms with E-state index in [1.807, 2.05) is 18.2 Å². The van der Waals surface area contributed by atoms with Gasteiger partial charge in [-0.1, -0.05) is 30.3 Å². The molecule has 0 aliphatic carbocycles. The Hall–Kier alpha value is -0.870. The largest absolute Gasteiger partial charge is 0.314 e. The van der Waals surface area contributed by atoms with Gasteiger partial charge in [0.05, 0.1) is 11.5 Å². The summed E-state index contributed by atoms with van der Waals surface area (Å²) in [7, 11) is -2.73. The molecule has 0 unspecified atom stereocenters. The molecule has 0 saturated carbocycles. The lowest BCUT2D eigenvalue weighted by atomic mass is 10.1. The van der Waals surface area contributed by atoms with Crippen LogP contribution < -0.4 is 5.32 Å². The Morgan fingerprint density at radius 2 is 1.76 bits per heavy atom. The quantitative estimate of drug-likeness (QED) is 0.882. The fourth-order valence-corrected chi connectivity index (χ4v) is 3.65. The van der Waals surface area contributed by atoms with E-state index in [2.05, 4.69) is 17.4 Å². The minimum absolute atomic E-state index is 0.343. The van der Waals surface area contributed by atoms with Gasteiger partial charge in [-0.25, -0.2) is 8.42 Å². The number of benzene rings is 1. The van der Waals surface area contributed by atoms with E-state index in [4.69, 9.17) is 0 Å². The first-order valence-corrected chi connectivity index (χ1v) is 7.96. The SMILES string of the molecule is O=S1(=O)CCC(NCCc2ccccc2)CC1. The topological polar surface area (TPSA) is 46.2 Å². The lowest BCUT2D eigenvalue weighted by molar-refractivity contribution is 0.466. The van der Waals surface area contributed by atoms with E-state index in [0.29, 0.717) is 17.5 Å². The molecule has 0 spiro atoms. The third-order valence-corrected chi connectivity index (χ3v) is 4.96. The molecule has 1 aromatic rings. The summed E-state index contributed by atoms with van der Waals surface area (Å²) < 4.78 is 22.5. The lowest BCUT2D eigenvalue weighted by Gasteiger charge is -2.23. The van der Waals surface area contributed by atoms with Crippen molar-refractivity contribution in [3.05, 3.63) is 35.9 Å². The molecule has 2 rings (SSSR count). The van der Waals surface area contributed by atoms with Gasteiger partial charge in [-0.3, -0.25) is 0 Å². The second-order valence-corrected chi connectivity index (χ2v) is 6.92. The molecule has 0 amide bonds. The molecule has 0 bridgehead atoms. The summed E-state index contributed by atoms with van der Waals surface area (Å²) >= 11 is 0. The average Bonchev–Trinajstić information content (AvgIpc) is 2.33. The Kier molecular flexibility index (Phi) is 4.18. The first-order valence-electron chi connectivity index (χ1n) is 6.13. The number of nitrogens with one attached hydrogen (secondary N) is 1. The van der Waals surface area contributed by atoms with Gasteiger partial charge in [0, 0.05) is 6.04 Å². The molecule has 0 aromatic heterocycles. The number of hydrogen-bond acceptors (Lipinski definition) is 3. The zero-order valence-electron chi connectivity index (χ0n) is 9.93. The average molecular weight is 253 g/mol. The fourth-order valence-electron chi connectivity index (χ4n) is 2.16. The Labute approximate surface area is 103 Å². The summed E-state index contributed by atoms with van der Waals surface area (Å²) in [6.07, 6.45) is 2.53. The predicted octanol–water partition coefficient (Wildman–Crippen LogP) is 1.40. The standard InChI is InChI=1S/C13H19NO2S/c15-17(16)10-7-13(8-11-17)14-9-6-12-4-2-1-3-5-12/h1-5,13-14H,6-11H2. The third-order valence-electron chi connectivity index (χ3n) is 3.24. The molecule has 1 saturated heterocycles. The molecule has 4 heteroatoms. The number of hydrogen-bond donors (Lipinski definition) is 1. The molecule has 17 heavy (non-hydrogen) atoms. The summed E-state index contributed by atoms with van der Waals surface area (Å²) in [5.74, 6) is 0.687. The summed E-state index contributed by atoms with van der Waals surface area (Å²) in [6.45, 7) is 0.925. The van der Waals surface area contributed by atoms with Crippen LogP contribution in [0.1, 0.15) is 18.4 Å². The maximum atomic E-state index is 11.3. The Balaban J connectivity index is 1.70. The number of sulfone groups is 1. The van der Waals surface area contributed by atoms with Crippen LogP contribution in [0.2, 0.25) is 0 Å². The maximum absolute atomic E-state index is 11.3. The maximum Gasteiger partial charge on any atom is 0.150 e. The van der Waals surface area contributed by atoms with Crippen LogP contribution in [0.15, 0.2) is 30.3 Å². The van der Waals surface area contributed by atoms with Crippen LogP contribution in [0.4, 0.5) is 0 Å². The zero-order chi connectivity index (χ0) is 12.1. The molecule has 1 aromatic carbocycles. The summed E-state index contributed by atoms with van der Waals surface area (Å²) in [5.41, 5.74) is 1.32. The molecule has 1 aliphatic heterocycles. The Morgan fingerprint density at radius 3 is 2.41 bits per heavy atom. The molecule has 0 atom stereocenters. The molecule has 3 nitrogen and oxygen atoms in total. The van der Waals surface area contributed by atoms with Crippen molar-refractivity contribution >= 4 is 9.84 Å². The molecule has 94 valence electrons. The molecular formula is C13H19NO2S. The Bertz CT molecular complexity index is 428. The van der Waals surface area contributed by atoms with E-state index in [1.165, 1.54) is 5.56 Å². The van der Waals surface area contributed by atoms with E-state index in [9.17, 15) is 8.42 Å². The van der Waals surface area contributed by atoms with E-state index >= 15 is 0 Å². The number of rotatable bonds is 4. The van der Waals surface area contributed by atoms with Gasteiger partial charge in [0.1, 0.15) is 9.84 Å². The van der Waals surface area contributed by atoms with E-state index in [-0.39, 0.29) is 0 Å². The molecule has 1 heterocycles. The monoisotopic (exact) mass is 253 g/mol. The molecule has 1 fully saturated rings. The highest BCUT2D eigenvalue weighted by Crippen LogP contribution is 2.12. The highest BCUT2D eigenvalue weighted by molar-refractivity contribution is 7.91.